The SMILES string of the molecule is C#CCOc1ccc(Oc2ccc(CC)cc2)cc1. The van der Waals surface area contributed by atoms with Crippen LogP contribution >= 0.6 is 0 Å². The van der Waals surface area contributed by atoms with Gasteiger partial charge in [-0.05, 0) is 48.4 Å². The average molecular weight is 252 g/mol. The van der Waals surface area contributed by atoms with Crippen molar-refractivity contribution >= 4 is 0 Å². The van der Waals surface area contributed by atoms with Gasteiger partial charge in [0.2, 0.25) is 0 Å². The van der Waals surface area contributed by atoms with Crippen molar-refractivity contribution in [2.45, 2.75) is 13.3 Å². The fraction of sp³-hybridized carbons (Fsp3) is 0.176. The van der Waals surface area contributed by atoms with Crippen molar-refractivity contribution in [3.05, 3.63) is 54.1 Å². The minimum Gasteiger partial charge on any atom is -0.481 e. The quantitative estimate of drug-likeness (QED) is 0.747. The lowest BCUT2D eigenvalue weighted by atomic mass is 10.2. The van der Waals surface area contributed by atoms with Gasteiger partial charge in [-0.15, -0.1) is 6.42 Å². The maximum absolute atomic E-state index is 5.74. The van der Waals surface area contributed by atoms with Gasteiger partial charge in [-0.25, -0.2) is 0 Å². The number of rotatable bonds is 5. The first kappa shape index (κ1) is 13.0. The van der Waals surface area contributed by atoms with E-state index in [1.165, 1.54) is 5.56 Å². The van der Waals surface area contributed by atoms with Crippen LogP contribution in [0.25, 0.3) is 0 Å². The molecule has 0 amide bonds. The highest BCUT2D eigenvalue weighted by atomic mass is 16.5. The number of benzene rings is 2. The number of hydrogen-bond acceptors (Lipinski definition) is 2. The summed E-state index contributed by atoms with van der Waals surface area (Å²) in [5.41, 5.74) is 1.30. The van der Waals surface area contributed by atoms with E-state index in [1.807, 2.05) is 36.4 Å². The summed E-state index contributed by atoms with van der Waals surface area (Å²) in [7, 11) is 0. The molecule has 19 heavy (non-hydrogen) atoms. The molecular formula is C17H16O2. The Morgan fingerprint density at radius 1 is 0.895 bits per heavy atom. The van der Waals surface area contributed by atoms with Crippen LogP contribution in [0.5, 0.6) is 17.2 Å². The average Bonchev–Trinajstić information content (AvgIpc) is 2.47. The zero-order valence-electron chi connectivity index (χ0n) is 10.9. The van der Waals surface area contributed by atoms with Gasteiger partial charge in [0.25, 0.3) is 0 Å². The molecule has 0 N–H and O–H groups in total. The van der Waals surface area contributed by atoms with E-state index in [0.717, 1.165) is 23.7 Å². The topological polar surface area (TPSA) is 18.5 Å². The van der Waals surface area contributed by atoms with E-state index in [1.54, 1.807) is 0 Å². The van der Waals surface area contributed by atoms with Gasteiger partial charge in [-0.1, -0.05) is 25.0 Å². The molecule has 0 aliphatic rings. The van der Waals surface area contributed by atoms with Crippen molar-refractivity contribution in [3.63, 3.8) is 0 Å². The highest BCUT2D eigenvalue weighted by Gasteiger charge is 1.98. The summed E-state index contributed by atoms with van der Waals surface area (Å²) < 4.78 is 11.0. The summed E-state index contributed by atoms with van der Waals surface area (Å²) in [5.74, 6) is 4.77. The monoisotopic (exact) mass is 252 g/mol. The summed E-state index contributed by atoms with van der Waals surface area (Å²) >= 11 is 0. The molecule has 0 spiro atoms. The Bertz CT molecular complexity index is 547. The van der Waals surface area contributed by atoms with Crippen molar-refractivity contribution in [3.8, 4) is 29.6 Å². The lowest BCUT2D eigenvalue weighted by molar-refractivity contribution is 0.369. The molecule has 2 aromatic rings. The van der Waals surface area contributed by atoms with Gasteiger partial charge in [-0.3, -0.25) is 0 Å². The van der Waals surface area contributed by atoms with Crippen LogP contribution < -0.4 is 9.47 Å². The van der Waals surface area contributed by atoms with E-state index in [9.17, 15) is 0 Å². The minimum absolute atomic E-state index is 0.276. The highest BCUT2D eigenvalue weighted by Crippen LogP contribution is 2.24. The van der Waals surface area contributed by atoms with Crippen LogP contribution in [-0.4, -0.2) is 6.61 Å². The Morgan fingerprint density at radius 2 is 1.42 bits per heavy atom. The van der Waals surface area contributed by atoms with Crippen molar-refractivity contribution < 1.29 is 9.47 Å². The van der Waals surface area contributed by atoms with Gasteiger partial charge in [-0.2, -0.15) is 0 Å². The van der Waals surface area contributed by atoms with Gasteiger partial charge in [0.1, 0.15) is 23.9 Å². The molecular weight excluding hydrogens is 236 g/mol. The molecule has 0 aliphatic carbocycles. The molecule has 0 unspecified atom stereocenters. The summed E-state index contributed by atoms with van der Waals surface area (Å²) in [6, 6.07) is 15.5. The Balaban J connectivity index is 2.00. The maximum Gasteiger partial charge on any atom is 0.148 e. The van der Waals surface area contributed by atoms with Crippen LogP contribution in [-0.2, 0) is 6.42 Å². The van der Waals surface area contributed by atoms with Crippen molar-refractivity contribution in [2.24, 2.45) is 0 Å². The van der Waals surface area contributed by atoms with E-state index in [2.05, 4.69) is 25.0 Å². The fourth-order valence-electron chi connectivity index (χ4n) is 1.66. The third kappa shape index (κ3) is 3.79. The molecule has 0 atom stereocenters. The molecule has 0 saturated heterocycles. The van der Waals surface area contributed by atoms with Crippen molar-refractivity contribution in [1.29, 1.82) is 0 Å². The summed E-state index contributed by atoms with van der Waals surface area (Å²) in [5, 5.41) is 0. The van der Waals surface area contributed by atoms with Crippen LogP contribution in [0.3, 0.4) is 0 Å². The second-order valence-electron chi connectivity index (χ2n) is 4.06. The molecule has 2 heteroatoms. The van der Waals surface area contributed by atoms with Crippen LogP contribution in [0.2, 0.25) is 0 Å². The summed E-state index contributed by atoms with van der Waals surface area (Å²) in [4.78, 5) is 0. The Hall–Kier alpha value is -2.40. The molecule has 0 radical (unpaired) electrons. The first-order valence-electron chi connectivity index (χ1n) is 6.25. The van der Waals surface area contributed by atoms with Crippen LogP contribution in [0.15, 0.2) is 48.5 Å². The molecule has 0 saturated carbocycles. The molecule has 0 aliphatic heterocycles. The van der Waals surface area contributed by atoms with Gasteiger partial charge >= 0.3 is 0 Å². The van der Waals surface area contributed by atoms with Gasteiger partial charge in [0.15, 0.2) is 0 Å². The first-order chi connectivity index (χ1) is 9.31. The van der Waals surface area contributed by atoms with Gasteiger partial charge in [0, 0.05) is 0 Å². The number of aryl methyl sites for hydroxylation is 1. The Labute approximate surface area is 114 Å². The molecule has 0 heterocycles. The third-order valence-corrected chi connectivity index (χ3v) is 2.71. The predicted octanol–water partition coefficient (Wildman–Crippen LogP) is 4.05. The Kier molecular flexibility index (Phi) is 4.47. The number of hydrogen-bond donors (Lipinski definition) is 0. The smallest absolute Gasteiger partial charge is 0.148 e. The maximum atomic E-state index is 5.74. The zero-order chi connectivity index (χ0) is 13.5. The zero-order valence-corrected chi connectivity index (χ0v) is 10.9. The highest BCUT2D eigenvalue weighted by molar-refractivity contribution is 5.36. The van der Waals surface area contributed by atoms with Crippen LogP contribution in [0, 0.1) is 12.3 Å². The molecule has 96 valence electrons. The summed E-state index contributed by atoms with van der Waals surface area (Å²) in [6.45, 7) is 2.41. The van der Waals surface area contributed by atoms with E-state index in [-0.39, 0.29) is 6.61 Å². The summed E-state index contributed by atoms with van der Waals surface area (Å²) in [6.07, 6.45) is 6.16. The van der Waals surface area contributed by atoms with E-state index >= 15 is 0 Å². The normalized spacial score (nSPS) is 9.68. The standard InChI is InChI=1S/C17H16O2/c1-3-13-18-15-9-11-17(12-10-15)19-16-7-5-14(4-2)6-8-16/h1,5-12H,4,13H2,2H3. The molecule has 0 bridgehead atoms. The number of terminal acetylenes is 1. The second kappa shape index (κ2) is 6.51. The van der Waals surface area contributed by atoms with Gasteiger partial charge in [0.05, 0.1) is 0 Å². The lowest BCUT2D eigenvalue weighted by Crippen LogP contribution is -1.93. The lowest BCUT2D eigenvalue weighted by Gasteiger charge is -2.07. The van der Waals surface area contributed by atoms with Crippen LogP contribution in [0.1, 0.15) is 12.5 Å². The van der Waals surface area contributed by atoms with Crippen molar-refractivity contribution in [1.82, 2.24) is 0 Å². The van der Waals surface area contributed by atoms with E-state index in [4.69, 9.17) is 15.9 Å². The van der Waals surface area contributed by atoms with Crippen LogP contribution in [0.4, 0.5) is 0 Å². The van der Waals surface area contributed by atoms with E-state index < -0.39 is 0 Å². The predicted molar refractivity (Wildman–Crippen MR) is 76.7 cm³/mol. The fourth-order valence-corrected chi connectivity index (χ4v) is 1.66. The molecule has 2 nitrogen and oxygen atoms in total. The molecule has 0 fully saturated rings. The van der Waals surface area contributed by atoms with Crippen molar-refractivity contribution in [2.75, 3.05) is 6.61 Å². The molecule has 2 rings (SSSR count). The number of ether oxygens (including phenoxy) is 2. The second-order valence-corrected chi connectivity index (χ2v) is 4.06. The van der Waals surface area contributed by atoms with E-state index in [0.29, 0.717) is 0 Å². The Morgan fingerprint density at radius 3 is 1.95 bits per heavy atom. The molecule has 0 aromatic heterocycles. The largest absolute Gasteiger partial charge is 0.481 e. The first-order valence-corrected chi connectivity index (χ1v) is 6.25. The third-order valence-electron chi connectivity index (χ3n) is 2.71. The minimum atomic E-state index is 0.276. The molecule has 2 aromatic carbocycles. The van der Waals surface area contributed by atoms with Gasteiger partial charge < -0.3 is 9.47 Å².